The number of carbonyl (C=O) groups is 1. The summed E-state index contributed by atoms with van der Waals surface area (Å²) >= 11 is 0. The van der Waals surface area contributed by atoms with E-state index in [0.29, 0.717) is 17.2 Å². The highest BCUT2D eigenvalue weighted by atomic mass is 16.7. The third-order valence-electron chi connectivity index (χ3n) is 2.02. The zero-order valence-electron chi connectivity index (χ0n) is 8.43. The summed E-state index contributed by atoms with van der Waals surface area (Å²) < 4.78 is 15.5. The molecule has 0 N–H and O–H groups in total. The first-order valence-electron chi connectivity index (χ1n) is 4.70. The van der Waals surface area contributed by atoms with Crippen molar-refractivity contribution in [3.05, 3.63) is 18.2 Å². The van der Waals surface area contributed by atoms with Gasteiger partial charge >= 0.3 is 0 Å². The standard InChI is InChI=1S/C11H9NO4/c12-4-3-8(13)6-14-9-1-2-10-11(5-9)16-7-15-10/h1-2,5H,3,6-7H2. The highest BCUT2D eigenvalue weighted by Crippen LogP contribution is 2.34. The van der Waals surface area contributed by atoms with Crippen LogP contribution in [0.3, 0.4) is 0 Å². The molecule has 0 spiro atoms. The summed E-state index contributed by atoms with van der Waals surface area (Å²) in [4.78, 5) is 11.0. The Labute approximate surface area is 92.1 Å². The lowest BCUT2D eigenvalue weighted by atomic mass is 10.3. The first kappa shape index (κ1) is 10.3. The van der Waals surface area contributed by atoms with Gasteiger partial charge in [-0.2, -0.15) is 5.26 Å². The average molecular weight is 219 g/mol. The number of fused-ring (bicyclic) bond motifs is 1. The maximum absolute atomic E-state index is 11.0. The van der Waals surface area contributed by atoms with Crippen molar-refractivity contribution in [2.24, 2.45) is 0 Å². The molecule has 1 aliphatic rings. The predicted octanol–water partition coefficient (Wildman–Crippen LogP) is 1.28. The van der Waals surface area contributed by atoms with E-state index in [1.807, 2.05) is 0 Å². The molecule has 0 saturated carbocycles. The van der Waals surface area contributed by atoms with Gasteiger partial charge in [0.05, 0.1) is 12.5 Å². The van der Waals surface area contributed by atoms with Gasteiger partial charge in [0.15, 0.2) is 17.3 Å². The van der Waals surface area contributed by atoms with Crippen molar-refractivity contribution in [3.63, 3.8) is 0 Å². The first-order valence-corrected chi connectivity index (χ1v) is 4.70. The van der Waals surface area contributed by atoms with Crippen LogP contribution in [0.2, 0.25) is 0 Å². The smallest absolute Gasteiger partial charge is 0.231 e. The van der Waals surface area contributed by atoms with Crippen LogP contribution in [0, 0.1) is 11.3 Å². The molecule has 0 radical (unpaired) electrons. The van der Waals surface area contributed by atoms with E-state index in [1.165, 1.54) is 0 Å². The van der Waals surface area contributed by atoms with E-state index in [2.05, 4.69) is 0 Å². The number of hydrogen-bond acceptors (Lipinski definition) is 5. The molecule has 1 aromatic rings. The lowest BCUT2D eigenvalue weighted by molar-refractivity contribution is -0.120. The average Bonchev–Trinajstić information content (AvgIpc) is 2.74. The van der Waals surface area contributed by atoms with Gasteiger partial charge in [-0.05, 0) is 12.1 Å². The molecule has 0 atom stereocenters. The fourth-order valence-corrected chi connectivity index (χ4v) is 1.27. The number of ether oxygens (including phenoxy) is 3. The highest BCUT2D eigenvalue weighted by Gasteiger charge is 2.14. The summed E-state index contributed by atoms with van der Waals surface area (Å²) in [5.41, 5.74) is 0. The van der Waals surface area contributed by atoms with Crippen LogP contribution in [0.15, 0.2) is 18.2 Å². The summed E-state index contributed by atoms with van der Waals surface area (Å²) in [5, 5.41) is 8.30. The van der Waals surface area contributed by atoms with Crippen LogP contribution < -0.4 is 14.2 Å². The Morgan fingerprint density at radius 3 is 3.06 bits per heavy atom. The summed E-state index contributed by atoms with van der Waals surface area (Å²) in [5.74, 6) is 1.54. The van der Waals surface area contributed by atoms with Crippen molar-refractivity contribution < 1.29 is 19.0 Å². The normalized spacial score (nSPS) is 11.9. The molecular weight excluding hydrogens is 210 g/mol. The Kier molecular flexibility index (Phi) is 2.92. The van der Waals surface area contributed by atoms with Crippen LogP contribution in [0.25, 0.3) is 0 Å². The van der Waals surface area contributed by atoms with Crippen LogP contribution in [-0.2, 0) is 4.79 Å². The summed E-state index contributed by atoms with van der Waals surface area (Å²) in [7, 11) is 0. The maximum atomic E-state index is 11.0. The third kappa shape index (κ3) is 2.23. The van der Waals surface area contributed by atoms with Crippen LogP contribution in [0.4, 0.5) is 0 Å². The number of Topliss-reactive ketones (excluding diaryl/α,β-unsaturated/α-hetero) is 1. The molecule has 1 aliphatic heterocycles. The number of nitriles is 1. The molecule has 0 amide bonds. The predicted molar refractivity (Wildman–Crippen MR) is 53.3 cm³/mol. The van der Waals surface area contributed by atoms with Gasteiger partial charge in [-0.15, -0.1) is 0 Å². The van der Waals surface area contributed by atoms with Crippen LogP contribution in [0.1, 0.15) is 6.42 Å². The number of benzene rings is 1. The van der Waals surface area contributed by atoms with Gasteiger partial charge in [-0.25, -0.2) is 0 Å². The molecule has 0 bridgehead atoms. The SMILES string of the molecule is N#CCC(=O)COc1ccc2c(c1)OCO2. The third-order valence-corrected chi connectivity index (χ3v) is 2.02. The van der Waals surface area contributed by atoms with E-state index in [9.17, 15) is 4.79 Å². The molecule has 2 rings (SSSR count). The Morgan fingerprint density at radius 1 is 1.44 bits per heavy atom. The second-order valence-electron chi connectivity index (χ2n) is 3.18. The zero-order chi connectivity index (χ0) is 11.4. The number of carbonyl (C=O) groups excluding carboxylic acids is 1. The molecule has 0 saturated heterocycles. The lowest BCUT2D eigenvalue weighted by Gasteiger charge is -2.04. The molecular formula is C11H9NO4. The van der Waals surface area contributed by atoms with Gasteiger partial charge < -0.3 is 14.2 Å². The van der Waals surface area contributed by atoms with Gasteiger partial charge in [0.2, 0.25) is 6.79 Å². The molecule has 0 aliphatic carbocycles. The fraction of sp³-hybridized carbons (Fsp3) is 0.273. The summed E-state index contributed by atoms with van der Waals surface area (Å²) in [6.45, 7) is 0.0966. The minimum atomic E-state index is -0.250. The molecule has 5 heteroatoms. The minimum Gasteiger partial charge on any atom is -0.486 e. The molecule has 1 aromatic carbocycles. The van der Waals surface area contributed by atoms with Crippen LogP contribution in [-0.4, -0.2) is 19.2 Å². The molecule has 16 heavy (non-hydrogen) atoms. The molecule has 5 nitrogen and oxygen atoms in total. The summed E-state index contributed by atoms with van der Waals surface area (Å²) in [6, 6.07) is 6.83. The number of nitrogens with zero attached hydrogens (tertiary/aromatic N) is 1. The number of ketones is 1. The van der Waals surface area contributed by atoms with E-state index in [4.69, 9.17) is 19.5 Å². The van der Waals surface area contributed by atoms with Crippen molar-refractivity contribution in [1.82, 2.24) is 0 Å². The lowest BCUT2D eigenvalue weighted by Crippen LogP contribution is -2.09. The second kappa shape index (κ2) is 4.53. The zero-order valence-corrected chi connectivity index (χ0v) is 8.43. The van der Waals surface area contributed by atoms with Gasteiger partial charge in [0.25, 0.3) is 0 Å². The monoisotopic (exact) mass is 219 g/mol. The molecule has 0 fully saturated rings. The quantitative estimate of drug-likeness (QED) is 0.762. The van der Waals surface area contributed by atoms with Gasteiger partial charge in [-0.3, -0.25) is 4.79 Å². The van der Waals surface area contributed by atoms with Crippen LogP contribution in [0.5, 0.6) is 17.2 Å². The van der Waals surface area contributed by atoms with E-state index < -0.39 is 0 Å². The van der Waals surface area contributed by atoms with E-state index >= 15 is 0 Å². The van der Waals surface area contributed by atoms with E-state index in [1.54, 1.807) is 24.3 Å². The first-order chi connectivity index (χ1) is 7.79. The molecule has 0 aromatic heterocycles. The minimum absolute atomic E-state index is 0.104. The van der Waals surface area contributed by atoms with Crippen molar-refractivity contribution in [2.45, 2.75) is 6.42 Å². The van der Waals surface area contributed by atoms with Crippen molar-refractivity contribution >= 4 is 5.78 Å². The maximum Gasteiger partial charge on any atom is 0.231 e. The van der Waals surface area contributed by atoms with E-state index in [-0.39, 0.29) is 25.6 Å². The van der Waals surface area contributed by atoms with Crippen molar-refractivity contribution in [2.75, 3.05) is 13.4 Å². The van der Waals surface area contributed by atoms with Crippen molar-refractivity contribution in [1.29, 1.82) is 5.26 Å². The Balaban J connectivity index is 1.96. The van der Waals surface area contributed by atoms with Gasteiger partial charge in [-0.1, -0.05) is 0 Å². The van der Waals surface area contributed by atoms with Crippen LogP contribution >= 0.6 is 0 Å². The fourth-order valence-electron chi connectivity index (χ4n) is 1.27. The Hall–Kier alpha value is -2.22. The number of rotatable bonds is 4. The van der Waals surface area contributed by atoms with Gasteiger partial charge in [0.1, 0.15) is 12.4 Å². The Bertz CT molecular complexity index is 450. The van der Waals surface area contributed by atoms with Gasteiger partial charge in [0, 0.05) is 6.07 Å². The highest BCUT2D eigenvalue weighted by molar-refractivity contribution is 5.81. The van der Waals surface area contributed by atoms with E-state index in [0.717, 1.165) is 0 Å². The second-order valence-corrected chi connectivity index (χ2v) is 3.18. The number of hydrogen-bond donors (Lipinski definition) is 0. The molecule has 82 valence electrons. The Morgan fingerprint density at radius 2 is 2.25 bits per heavy atom. The largest absolute Gasteiger partial charge is 0.486 e. The molecule has 1 heterocycles. The van der Waals surface area contributed by atoms with Crippen molar-refractivity contribution in [3.8, 4) is 23.3 Å². The topological polar surface area (TPSA) is 68.6 Å². The molecule has 0 unspecified atom stereocenters. The summed E-state index contributed by atoms with van der Waals surface area (Å²) in [6.07, 6.45) is -0.134.